The van der Waals surface area contributed by atoms with E-state index in [2.05, 4.69) is 125 Å². The number of rotatable bonds is 8. The van der Waals surface area contributed by atoms with Crippen LogP contribution in [0.2, 0.25) is 0 Å². The van der Waals surface area contributed by atoms with Crippen LogP contribution >= 0.6 is 0 Å². The number of hydrogen-bond acceptors (Lipinski definition) is 7. The summed E-state index contributed by atoms with van der Waals surface area (Å²) in [6.07, 6.45) is 27.5. The van der Waals surface area contributed by atoms with Crippen molar-refractivity contribution in [1.82, 2.24) is 0 Å². The molecular weight excluding hydrogens is 941 g/mol. The van der Waals surface area contributed by atoms with Gasteiger partial charge in [0.25, 0.3) is 0 Å². The minimum atomic E-state index is -0.356. The molecule has 0 radical (unpaired) electrons. The molecule has 8 fully saturated rings. The highest BCUT2D eigenvalue weighted by molar-refractivity contribution is 4.92. The van der Waals surface area contributed by atoms with Crippen LogP contribution in [-0.4, -0.2) is 77.0 Å². The first kappa shape index (κ1) is 73.7. The molecule has 0 unspecified atom stereocenters. The molecule has 7 N–H and O–H groups in total. The van der Waals surface area contributed by atoms with Gasteiger partial charge in [0.05, 0.1) is 41.2 Å². The van der Waals surface area contributed by atoms with Crippen LogP contribution in [0.15, 0.2) is 0 Å². The quantitative estimate of drug-likeness (QED) is 0.128. The second-order valence-corrected chi connectivity index (χ2v) is 31.5. The van der Waals surface area contributed by atoms with E-state index >= 15 is 0 Å². The van der Waals surface area contributed by atoms with Gasteiger partial charge in [-0.1, -0.05) is 125 Å². The minimum Gasteiger partial charge on any atom is -0.393 e. The van der Waals surface area contributed by atoms with E-state index in [4.69, 9.17) is 10.2 Å². The molecule has 0 atom stereocenters. The molecule has 0 spiro atoms. The molecule has 0 heterocycles. The van der Waals surface area contributed by atoms with Crippen molar-refractivity contribution in [3.8, 4) is 0 Å². The topological polar surface area (TPSA) is 142 Å². The summed E-state index contributed by atoms with van der Waals surface area (Å²) in [6, 6.07) is 0. The lowest BCUT2D eigenvalue weighted by atomic mass is 9.67. The summed E-state index contributed by atoms with van der Waals surface area (Å²) in [4.78, 5) is 0. The Morgan fingerprint density at radius 2 is 0.461 bits per heavy atom. The molecule has 0 aromatic carbocycles. The van der Waals surface area contributed by atoms with E-state index in [9.17, 15) is 25.5 Å². The maximum Gasteiger partial charge on any atom is 0.0625 e. The fourth-order valence-electron chi connectivity index (χ4n) is 13.0. The zero-order valence-corrected chi connectivity index (χ0v) is 54.6. The average Bonchev–Trinajstić information content (AvgIpc) is 3.26. The second kappa shape index (κ2) is 35.0. The van der Waals surface area contributed by atoms with E-state index in [1.54, 1.807) is 0 Å². The van der Waals surface area contributed by atoms with Gasteiger partial charge in [0, 0.05) is 0 Å². The fourth-order valence-corrected chi connectivity index (χ4v) is 13.0. The maximum absolute atomic E-state index is 9.67. The lowest BCUT2D eigenvalue weighted by Crippen LogP contribution is -2.42. The zero-order chi connectivity index (χ0) is 58.5. The Morgan fingerprint density at radius 1 is 0.250 bits per heavy atom. The van der Waals surface area contributed by atoms with Crippen LogP contribution in [0.5, 0.6) is 0 Å². The van der Waals surface area contributed by atoms with Gasteiger partial charge in [0.15, 0.2) is 0 Å². The van der Waals surface area contributed by atoms with E-state index in [0.29, 0.717) is 5.41 Å². The van der Waals surface area contributed by atoms with E-state index in [-0.39, 0.29) is 41.2 Å². The molecular formula is C69H138O7. The van der Waals surface area contributed by atoms with E-state index in [1.807, 2.05) is 20.8 Å². The molecule has 76 heavy (non-hydrogen) atoms. The summed E-state index contributed by atoms with van der Waals surface area (Å²) in [5, 5.41) is 64.5. The monoisotopic (exact) mass is 1080 g/mol. The van der Waals surface area contributed by atoms with Crippen molar-refractivity contribution >= 4 is 0 Å². The maximum atomic E-state index is 9.67. The van der Waals surface area contributed by atoms with Gasteiger partial charge in [0.2, 0.25) is 0 Å². The van der Waals surface area contributed by atoms with Crippen molar-refractivity contribution in [3.05, 3.63) is 0 Å². The second-order valence-electron chi connectivity index (χ2n) is 31.5. The highest BCUT2D eigenvalue weighted by Gasteiger charge is 2.40. The summed E-state index contributed by atoms with van der Waals surface area (Å²) in [5.74, 6) is 13.2. The fraction of sp³-hybridized carbons (Fsp3) is 1.00. The van der Waals surface area contributed by atoms with Gasteiger partial charge in [-0.25, -0.2) is 0 Å². The Hall–Kier alpha value is -0.280. The van der Waals surface area contributed by atoms with Crippen LogP contribution in [0, 0.1) is 100 Å². The molecule has 0 aromatic heterocycles. The molecule has 0 bridgehead atoms. The van der Waals surface area contributed by atoms with Crippen molar-refractivity contribution in [1.29, 1.82) is 0 Å². The molecule has 0 amide bonds. The van der Waals surface area contributed by atoms with Gasteiger partial charge >= 0.3 is 0 Å². The first-order valence-corrected chi connectivity index (χ1v) is 32.7. The first-order chi connectivity index (χ1) is 34.8. The van der Waals surface area contributed by atoms with Crippen LogP contribution in [-0.2, 0) is 0 Å². The minimum absolute atomic E-state index is 0.00926. The zero-order valence-electron chi connectivity index (χ0n) is 54.6. The summed E-state index contributed by atoms with van der Waals surface area (Å²) < 4.78 is 0. The standard InChI is InChI=1S/C11H22.C10H20O.2C9H18O.2C8H16O.2C7H14O/c1-9(2)10-5-7-11(3,4)8-6-10;1-8(2)9-4-6-10(3,11)7-5-9;2*1-7(2)8-3-5-9(10)6-4-8;2*1-6(2)7-4-8(3,9)5-7;2*1-5(2)6-3-7(8)4-6/h9-10H,5-8H2,1-4H3;8-9,11H,4-7H2,1-3H3;2*7-10H,3-6H2,1-2H3;2*6-7,9H,4-5H2,1-3H3;2*5-8H,3-4H2,1-2H3. The molecule has 8 rings (SSSR count). The summed E-state index contributed by atoms with van der Waals surface area (Å²) in [5.41, 5.74) is -0.360. The first-order valence-electron chi connectivity index (χ1n) is 32.7. The molecule has 7 heteroatoms. The number of aliphatic hydroxyl groups excluding tert-OH is 4. The Kier molecular flexibility index (Phi) is 34.0. The Balaban J connectivity index is 0.000000435. The van der Waals surface area contributed by atoms with Crippen molar-refractivity contribution in [2.75, 3.05) is 0 Å². The van der Waals surface area contributed by atoms with Crippen molar-refractivity contribution in [2.45, 2.75) is 341 Å². The Bertz CT molecular complexity index is 1290. The lowest BCUT2D eigenvalue weighted by molar-refractivity contribution is -0.0717. The largest absolute Gasteiger partial charge is 0.393 e. The SMILES string of the molecule is CC(C)C1CC(C)(O)C1.CC(C)C1CC(C)(O)C1.CC(C)C1CC(O)C1.CC(C)C1CC(O)C1.CC(C)C1CCC(C)(C)CC1.CC(C)C1CCC(C)(O)CC1.CC(C)C1CCC(O)CC1.CC(C)C1CCC(O)CC1. The third-order valence-electron chi connectivity index (χ3n) is 20.6. The Morgan fingerprint density at radius 3 is 0.632 bits per heavy atom. The highest BCUT2D eigenvalue weighted by atomic mass is 16.3. The predicted molar refractivity (Wildman–Crippen MR) is 327 cm³/mol. The predicted octanol–water partition coefficient (Wildman–Crippen LogP) is 17.3. The summed E-state index contributed by atoms with van der Waals surface area (Å²) in [6.45, 7) is 46.8. The van der Waals surface area contributed by atoms with Crippen LogP contribution < -0.4 is 0 Å². The number of aliphatic hydroxyl groups is 7. The van der Waals surface area contributed by atoms with E-state index < -0.39 is 0 Å². The highest BCUT2D eigenvalue weighted by Crippen LogP contribution is 2.43. The molecule has 7 nitrogen and oxygen atoms in total. The third-order valence-corrected chi connectivity index (χ3v) is 20.6. The van der Waals surface area contributed by atoms with Gasteiger partial charge in [-0.3, -0.25) is 0 Å². The summed E-state index contributed by atoms with van der Waals surface area (Å²) in [7, 11) is 0. The van der Waals surface area contributed by atoms with Crippen LogP contribution in [0.4, 0.5) is 0 Å². The average molecular weight is 1080 g/mol. The van der Waals surface area contributed by atoms with Gasteiger partial charge in [0.1, 0.15) is 0 Å². The molecule has 0 aliphatic heterocycles. The molecule has 8 saturated carbocycles. The van der Waals surface area contributed by atoms with Gasteiger partial charge in [-0.05, 0) is 275 Å². The summed E-state index contributed by atoms with van der Waals surface area (Å²) >= 11 is 0. The molecule has 8 aliphatic rings. The van der Waals surface area contributed by atoms with Crippen LogP contribution in [0.3, 0.4) is 0 Å². The van der Waals surface area contributed by atoms with Crippen LogP contribution in [0.1, 0.15) is 299 Å². The lowest BCUT2D eigenvalue weighted by Gasteiger charge is -2.43. The van der Waals surface area contributed by atoms with Gasteiger partial charge in [-0.15, -0.1) is 0 Å². The smallest absolute Gasteiger partial charge is 0.0625 e. The normalized spacial score (nSPS) is 36.7. The van der Waals surface area contributed by atoms with Gasteiger partial charge in [-0.2, -0.15) is 0 Å². The number of hydrogen-bond donors (Lipinski definition) is 7. The molecule has 0 saturated heterocycles. The van der Waals surface area contributed by atoms with Crippen molar-refractivity contribution in [3.63, 3.8) is 0 Å². The van der Waals surface area contributed by atoms with Crippen LogP contribution in [0.25, 0.3) is 0 Å². The van der Waals surface area contributed by atoms with Crippen molar-refractivity contribution in [2.24, 2.45) is 100 Å². The molecule has 456 valence electrons. The van der Waals surface area contributed by atoms with Gasteiger partial charge < -0.3 is 35.7 Å². The molecule has 8 aliphatic carbocycles. The molecule has 0 aromatic rings. The Labute approximate surface area is 474 Å². The van der Waals surface area contributed by atoms with Crippen molar-refractivity contribution < 1.29 is 35.7 Å². The van der Waals surface area contributed by atoms with E-state index in [0.717, 1.165) is 185 Å². The third kappa shape index (κ3) is 31.2. The van der Waals surface area contributed by atoms with E-state index in [1.165, 1.54) is 64.2 Å².